The number of aromatic nitrogens is 2. The summed E-state index contributed by atoms with van der Waals surface area (Å²) in [5.41, 5.74) is 0.0738. The number of nitrogens with one attached hydrogen (secondary N) is 1. The van der Waals surface area contributed by atoms with E-state index in [-0.39, 0.29) is 10.8 Å². The molecule has 0 spiro atoms. The Morgan fingerprint density at radius 3 is 2.74 bits per heavy atom. The zero-order valence-corrected chi connectivity index (χ0v) is 14.6. The third-order valence-corrected chi connectivity index (χ3v) is 5.57. The molecule has 0 aliphatic heterocycles. The smallest absolute Gasteiger partial charge is 0.246 e. The predicted molar refractivity (Wildman–Crippen MR) is 88.9 cm³/mol. The quantitative estimate of drug-likeness (QED) is 0.611. The Kier molecular flexibility index (Phi) is 5.55. The highest BCUT2D eigenvalue weighted by Crippen LogP contribution is 2.23. The number of rotatable bonds is 6. The number of anilines is 2. The van der Waals surface area contributed by atoms with Gasteiger partial charge in [0.1, 0.15) is 12.4 Å². The molecule has 0 fully saturated rings. The van der Waals surface area contributed by atoms with Gasteiger partial charge in [0, 0.05) is 0 Å². The third kappa shape index (κ3) is 4.88. The van der Waals surface area contributed by atoms with E-state index in [2.05, 4.69) is 15.5 Å². The fourth-order valence-corrected chi connectivity index (χ4v) is 3.70. The first-order valence-electron chi connectivity index (χ1n) is 6.20. The second-order valence-corrected chi connectivity index (χ2v) is 8.31. The van der Waals surface area contributed by atoms with Crippen LogP contribution >= 0.6 is 23.1 Å². The summed E-state index contributed by atoms with van der Waals surface area (Å²) in [5, 5.41) is 10.3. The van der Waals surface area contributed by atoms with Gasteiger partial charge in [0.05, 0.1) is 11.9 Å². The molecule has 124 valence electrons. The van der Waals surface area contributed by atoms with Crippen LogP contribution in [-0.2, 0) is 14.8 Å². The van der Waals surface area contributed by atoms with Crippen LogP contribution in [0.3, 0.4) is 0 Å². The van der Waals surface area contributed by atoms with Crippen molar-refractivity contribution < 1.29 is 17.6 Å². The summed E-state index contributed by atoms with van der Waals surface area (Å²) in [6, 6.07) is 5.02. The molecule has 0 saturated carbocycles. The second kappa shape index (κ2) is 7.23. The van der Waals surface area contributed by atoms with E-state index in [1.165, 1.54) is 41.3 Å². The molecule has 0 atom stereocenters. The standard InChI is InChI=1S/C12H13FN4O3S3/c1-21-12-16-15-11(22-12)14-10(18)7-17(23(2,19)20)9-5-3-4-8(13)6-9/h3-6H,7H2,1-2H3,(H,14,15,18). The van der Waals surface area contributed by atoms with Crippen molar-refractivity contribution in [3.05, 3.63) is 30.1 Å². The van der Waals surface area contributed by atoms with Crippen LogP contribution in [-0.4, -0.2) is 43.6 Å². The number of hydrogen-bond acceptors (Lipinski definition) is 7. The van der Waals surface area contributed by atoms with Crippen LogP contribution in [0.25, 0.3) is 0 Å². The maximum Gasteiger partial charge on any atom is 0.246 e. The second-order valence-electron chi connectivity index (χ2n) is 4.37. The van der Waals surface area contributed by atoms with E-state index >= 15 is 0 Å². The molecule has 1 aromatic carbocycles. The summed E-state index contributed by atoms with van der Waals surface area (Å²) < 4.78 is 38.5. The van der Waals surface area contributed by atoms with Gasteiger partial charge in [0.25, 0.3) is 0 Å². The normalized spacial score (nSPS) is 11.3. The van der Waals surface area contributed by atoms with Crippen LogP contribution in [0.4, 0.5) is 15.2 Å². The summed E-state index contributed by atoms with van der Waals surface area (Å²) in [4.78, 5) is 12.0. The molecular weight excluding hydrogens is 363 g/mol. The lowest BCUT2D eigenvalue weighted by Gasteiger charge is -2.21. The average molecular weight is 376 g/mol. The van der Waals surface area contributed by atoms with Crippen molar-refractivity contribution >= 4 is 49.8 Å². The van der Waals surface area contributed by atoms with Crippen molar-refractivity contribution in [1.29, 1.82) is 0 Å². The number of halogens is 1. The van der Waals surface area contributed by atoms with E-state index in [9.17, 15) is 17.6 Å². The van der Waals surface area contributed by atoms with E-state index in [1.807, 2.05) is 6.26 Å². The minimum Gasteiger partial charge on any atom is -0.299 e. The van der Waals surface area contributed by atoms with E-state index in [4.69, 9.17) is 0 Å². The van der Waals surface area contributed by atoms with Crippen LogP contribution in [0, 0.1) is 5.82 Å². The first kappa shape index (κ1) is 17.6. The van der Waals surface area contributed by atoms with Crippen molar-refractivity contribution in [2.45, 2.75) is 4.34 Å². The van der Waals surface area contributed by atoms with Crippen LogP contribution in [0.1, 0.15) is 0 Å². The molecule has 0 radical (unpaired) electrons. The minimum atomic E-state index is -3.75. The monoisotopic (exact) mass is 376 g/mol. The Bertz CT molecular complexity index is 809. The topological polar surface area (TPSA) is 92.3 Å². The number of nitrogens with zero attached hydrogens (tertiary/aromatic N) is 3. The molecule has 1 aromatic heterocycles. The van der Waals surface area contributed by atoms with Gasteiger partial charge >= 0.3 is 0 Å². The summed E-state index contributed by atoms with van der Waals surface area (Å²) in [7, 11) is -3.75. The average Bonchev–Trinajstić information content (AvgIpc) is 2.91. The van der Waals surface area contributed by atoms with Gasteiger partial charge in [-0.25, -0.2) is 12.8 Å². The zero-order valence-electron chi connectivity index (χ0n) is 12.2. The van der Waals surface area contributed by atoms with Crippen molar-refractivity contribution in [3.8, 4) is 0 Å². The number of carbonyl (C=O) groups is 1. The summed E-state index contributed by atoms with van der Waals surface area (Å²) >= 11 is 2.55. The van der Waals surface area contributed by atoms with Crippen LogP contribution in [0.5, 0.6) is 0 Å². The molecule has 1 amide bonds. The lowest BCUT2D eigenvalue weighted by Crippen LogP contribution is -2.37. The van der Waals surface area contributed by atoms with Gasteiger partial charge in [-0.1, -0.05) is 29.2 Å². The van der Waals surface area contributed by atoms with Crippen molar-refractivity contribution in [2.75, 3.05) is 28.7 Å². The first-order chi connectivity index (χ1) is 10.8. The van der Waals surface area contributed by atoms with E-state index in [0.717, 1.165) is 16.6 Å². The molecule has 23 heavy (non-hydrogen) atoms. The number of carbonyl (C=O) groups excluding carboxylic acids is 1. The van der Waals surface area contributed by atoms with Crippen LogP contribution < -0.4 is 9.62 Å². The number of hydrogen-bond donors (Lipinski definition) is 1. The zero-order chi connectivity index (χ0) is 17.0. The summed E-state index contributed by atoms with van der Waals surface area (Å²) in [6.45, 7) is -0.490. The lowest BCUT2D eigenvalue weighted by molar-refractivity contribution is -0.114. The van der Waals surface area contributed by atoms with Gasteiger partial charge in [-0.3, -0.25) is 14.4 Å². The Balaban J connectivity index is 2.16. The Morgan fingerprint density at radius 2 is 2.17 bits per heavy atom. The summed E-state index contributed by atoms with van der Waals surface area (Å²) in [6.07, 6.45) is 2.77. The maximum atomic E-state index is 13.3. The molecule has 2 rings (SSSR count). The van der Waals surface area contributed by atoms with Crippen LogP contribution in [0.15, 0.2) is 28.6 Å². The van der Waals surface area contributed by atoms with Gasteiger partial charge in [0.2, 0.25) is 21.1 Å². The highest BCUT2D eigenvalue weighted by atomic mass is 32.2. The van der Waals surface area contributed by atoms with Gasteiger partial charge in [-0.2, -0.15) is 0 Å². The molecule has 2 aromatic rings. The third-order valence-electron chi connectivity index (χ3n) is 2.61. The Hall–Kier alpha value is -1.72. The minimum absolute atomic E-state index is 0.0738. The number of thioether (sulfide) groups is 1. The molecule has 11 heteroatoms. The molecule has 0 unspecified atom stereocenters. The van der Waals surface area contributed by atoms with Crippen molar-refractivity contribution in [3.63, 3.8) is 0 Å². The van der Waals surface area contributed by atoms with Crippen LogP contribution in [0.2, 0.25) is 0 Å². The lowest BCUT2D eigenvalue weighted by atomic mass is 10.3. The van der Waals surface area contributed by atoms with Gasteiger partial charge in [0.15, 0.2) is 4.34 Å². The van der Waals surface area contributed by atoms with Crippen molar-refractivity contribution in [1.82, 2.24) is 10.2 Å². The fourth-order valence-electron chi connectivity index (χ4n) is 1.66. The highest BCUT2D eigenvalue weighted by Gasteiger charge is 2.22. The SMILES string of the molecule is CSc1nnc(NC(=O)CN(c2cccc(F)c2)S(C)(=O)=O)s1. The van der Waals surface area contributed by atoms with E-state index in [1.54, 1.807) is 0 Å². The Morgan fingerprint density at radius 1 is 1.43 bits per heavy atom. The number of sulfonamides is 1. The molecule has 7 nitrogen and oxygen atoms in total. The molecule has 1 N–H and O–H groups in total. The van der Waals surface area contributed by atoms with E-state index < -0.39 is 28.3 Å². The van der Waals surface area contributed by atoms with E-state index in [0.29, 0.717) is 4.34 Å². The molecule has 0 aliphatic rings. The molecular formula is C12H13FN4O3S3. The maximum absolute atomic E-state index is 13.3. The number of amides is 1. The fraction of sp³-hybridized carbons (Fsp3) is 0.250. The van der Waals surface area contributed by atoms with Crippen molar-refractivity contribution in [2.24, 2.45) is 0 Å². The van der Waals surface area contributed by atoms with Gasteiger partial charge in [-0.15, -0.1) is 10.2 Å². The van der Waals surface area contributed by atoms with Gasteiger partial charge in [-0.05, 0) is 24.5 Å². The number of benzene rings is 1. The largest absolute Gasteiger partial charge is 0.299 e. The predicted octanol–water partition coefficient (Wildman–Crippen LogP) is 1.80. The first-order valence-corrected chi connectivity index (χ1v) is 10.1. The molecule has 0 aliphatic carbocycles. The molecule has 1 heterocycles. The van der Waals surface area contributed by atoms with Gasteiger partial charge < -0.3 is 0 Å². The molecule has 0 bridgehead atoms. The summed E-state index contributed by atoms with van der Waals surface area (Å²) in [5.74, 6) is -1.19. The Labute approximate surface area is 141 Å². The highest BCUT2D eigenvalue weighted by molar-refractivity contribution is 8.00. The molecule has 0 saturated heterocycles.